The number of halogens is 4. The van der Waals surface area contributed by atoms with Crippen molar-refractivity contribution in [2.45, 2.75) is 58.7 Å². The summed E-state index contributed by atoms with van der Waals surface area (Å²) in [5.74, 6) is -2.43. The SMILES string of the molecule is CCCC(Oc1cc(C)c(-n2cc(C(F)(F)F)cn2)c(C)c1)c1ccc(C(=O)N2CCC[C@@H](C(=O)O)C2)c(F)c1. The van der Waals surface area contributed by atoms with Gasteiger partial charge in [-0.3, -0.25) is 9.59 Å². The van der Waals surface area contributed by atoms with Crippen molar-refractivity contribution in [1.29, 1.82) is 0 Å². The molecule has 1 fully saturated rings. The molecule has 1 aromatic heterocycles. The molecule has 1 N–H and O–H groups in total. The second-order valence-corrected chi connectivity index (χ2v) is 10.1. The number of carbonyl (C=O) groups is 2. The van der Waals surface area contributed by atoms with Crippen LogP contribution in [0.2, 0.25) is 0 Å². The van der Waals surface area contributed by atoms with Crippen molar-refractivity contribution in [2.24, 2.45) is 5.92 Å². The van der Waals surface area contributed by atoms with Crippen molar-refractivity contribution in [2.75, 3.05) is 13.1 Å². The van der Waals surface area contributed by atoms with Crippen LogP contribution in [0, 0.1) is 25.6 Å². The van der Waals surface area contributed by atoms with Crippen LogP contribution in [0.25, 0.3) is 5.69 Å². The number of nitrogens with zero attached hydrogens (tertiary/aromatic N) is 3. The Kier molecular flexibility index (Phi) is 8.51. The van der Waals surface area contributed by atoms with Gasteiger partial charge in [0.15, 0.2) is 0 Å². The van der Waals surface area contributed by atoms with E-state index in [0.29, 0.717) is 53.9 Å². The van der Waals surface area contributed by atoms with Gasteiger partial charge >= 0.3 is 12.1 Å². The van der Waals surface area contributed by atoms with Crippen molar-refractivity contribution >= 4 is 11.9 Å². The molecule has 1 saturated heterocycles. The van der Waals surface area contributed by atoms with Crippen LogP contribution in [0.5, 0.6) is 5.75 Å². The monoisotopic (exact) mass is 561 g/mol. The van der Waals surface area contributed by atoms with Crippen LogP contribution in [-0.2, 0) is 11.0 Å². The quantitative estimate of drug-likeness (QED) is 0.317. The minimum atomic E-state index is -4.50. The van der Waals surface area contributed by atoms with Crippen molar-refractivity contribution in [3.8, 4) is 11.4 Å². The van der Waals surface area contributed by atoms with Gasteiger partial charge < -0.3 is 14.7 Å². The molecular formula is C29H31F4N3O4. The molecule has 7 nitrogen and oxygen atoms in total. The summed E-state index contributed by atoms with van der Waals surface area (Å²) in [7, 11) is 0. The molecule has 4 rings (SSSR count). The molecule has 214 valence electrons. The maximum absolute atomic E-state index is 15.2. The molecule has 40 heavy (non-hydrogen) atoms. The summed E-state index contributed by atoms with van der Waals surface area (Å²) < 4.78 is 61.8. The van der Waals surface area contributed by atoms with Gasteiger partial charge in [-0.15, -0.1) is 0 Å². The van der Waals surface area contributed by atoms with Gasteiger partial charge in [0.05, 0.1) is 28.9 Å². The number of aromatic nitrogens is 2. The zero-order valence-corrected chi connectivity index (χ0v) is 22.5. The Morgan fingerprint density at radius 3 is 2.45 bits per heavy atom. The lowest BCUT2D eigenvalue weighted by molar-refractivity contribution is -0.143. The smallest absolute Gasteiger partial charge is 0.419 e. The molecule has 3 aromatic rings. The van der Waals surface area contributed by atoms with E-state index in [-0.39, 0.29) is 12.1 Å². The lowest BCUT2D eigenvalue weighted by atomic mass is 9.97. The molecule has 2 heterocycles. The summed E-state index contributed by atoms with van der Waals surface area (Å²) >= 11 is 0. The number of carboxylic acid groups (broad SMARTS) is 1. The van der Waals surface area contributed by atoms with Gasteiger partial charge in [-0.2, -0.15) is 18.3 Å². The third kappa shape index (κ3) is 6.29. The first kappa shape index (κ1) is 29.1. The van der Waals surface area contributed by atoms with Crippen molar-refractivity contribution in [3.63, 3.8) is 0 Å². The fourth-order valence-electron chi connectivity index (χ4n) is 5.10. The zero-order chi connectivity index (χ0) is 29.2. The average molecular weight is 562 g/mol. The van der Waals surface area contributed by atoms with E-state index in [4.69, 9.17) is 4.74 Å². The molecular weight excluding hydrogens is 530 g/mol. The first-order valence-electron chi connectivity index (χ1n) is 13.1. The van der Waals surface area contributed by atoms with Crippen molar-refractivity contribution < 1.29 is 37.0 Å². The van der Waals surface area contributed by atoms with Crippen LogP contribution in [0.3, 0.4) is 0 Å². The number of carboxylic acids is 1. The Morgan fingerprint density at radius 2 is 1.88 bits per heavy atom. The number of benzene rings is 2. The molecule has 0 bridgehead atoms. The van der Waals surface area contributed by atoms with E-state index in [1.807, 2.05) is 6.92 Å². The normalized spacial score (nSPS) is 16.6. The number of hydrogen-bond acceptors (Lipinski definition) is 4. The molecule has 1 aliphatic heterocycles. The average Bonchev–Trinajstić information content (AvgIpc) is 3.38. The predicted octanol–water partition coefficient (Wildman–Crippen LogP) is 6.50. The molecule has 1 unspecified atom stereocenters. The summed E-state index contributed by atoms with van der Waals surface area (Å²) in [5, 5.41) is 13.2. The van der Waals surface area contributed by atoms with Crippen LogP contribution < -0.4 is 4.74 Å². The minimum absolute atomic E-state index is 0.0433. The number of piperidine rings is 1. The van der Waals surface area contributed by atoms with Gasteiger partial charge in [-0.05, 0) is 74.1 Å². The Labute approximate surface area is 229 Å². The van der Waals surface area contributed by atoms with Gasteiger partial charge in [0, 0.05) is 19.3 Å². The van der Waals surface area contributed by atoms with Crippen LogP contribution in [-0.4, -0.2) is 44.8 Å². The summed E-state index contributed by atoms with van der Waals surface area (Å²) in [5.41, 5.74) is 1.36. The number of likely N-dealkylation sites (tertiary alicyclic amines) is 1. The molecule has 1 amide bonds. The highest BCUT2D eigenvalue weighted by atomic mass is 19.4. The van der Waals surface area contributed by atoms with Gasteiger partial charge in [0.25, 0.3) is 5.91 Å². The lowest BCUT2D eigenvalue weighted by Crippen LogP contribution is -2.42. The molecule has 11 heteroatoms. The zero-order valence-electron chi connectivity index (χ0n) is 22.5. The molecule has 2 aromatic carbocycles. The number of hydrogen-bond donors (Lipinski definition) is 1. The Hall–Kier alpha value is -3.89. The highest BCUT2D eigenvalue weighted by Crippen LogP contribution is 2.33. The molecule has 0 radical (unpaired) electrons. The van der Waals surface area contributed by atoms with E-state index < -0.39 is 41.5 Å². The third-order valence-corrected chi connectivity index (χ3v) is 7.09. The van der Waals surface area contributed by atoms with Crippen LogP contribution in [0.1, 0.15) is 71.3 Å². The fraction of sp³-hybridized carbons (Fsp3) is 0.414. The van der Waals surface area contributed by atoms with Crippen molar-refractivity contribution in [3.05, 3.63) is 76.4 Å². The predicted molar refractivity (Wildman–Crippen MR) is 139 cm³/mol. The summed E-state index contributed by atoms with van der Waals surface area (Å²) in [6.07, 6.45) is -1.04. The van der Waals surface area contributed by atoms with Crippen LogP contribution in [0.4, 0.5) is 17.6 Å². The van der Waals surface area contributed by atoms with E-state index in [0.717, 1.165) is 18.8 Å². The van der Waals surface area contributed by atoms with Crippen LogP contribution in [0.15, 0.2) is 42.7 Å². The standard InChI is InChI=1S/C29H31F4N3O4/c1-4-6-25(19-8-9-23(24(30)13-19)27(37)35-10-5-7-20(15-35)28(38)39)40-22-11-17(2)26(18(3)12-22)36-16-21(14-34-36)29(31,32)33/h8-9,11-14,16,20,25H,4-7,10,15H2,1-3H3,(H,38,39)/t20-,25?/m1/s1. The van der Waals surface area contributed by atoms with Gasteiger partial charge in [0.2, 0.25) is 0 Å². The van der Waals surface area contributed by atoms with E-state index in [1.165, 1.54) is 21.7 Å². The van der Waals surface area contributed by atoms with Crippen LogP contribution >= 0.6 is 0 Å². The summed E-state index contributed by atoms with van der Waals surface area (Å²) in [6.45, 7) is 5.86. The Balaban J connectivity index is 1.55. The lowest BCUT2D eigenvalue weighted by Gasteiger charge is -2.31. The number of rotatable bonds is 8. The summed E-state index contributed by atoms with van der Waals surface area (Å²) in [6, 6.07) is 7.69. The number of amides is 1. The van der Waals surface area contributed by atoms with E-state index in [2.05, 4.69) is 5.10 Å². The minimum Gasteiger partial charge on any atom is -0.486 e. The largest absolute Gasteiger partial charge is 0.486 e. The third-order valence-electron chi connectivity index (χ3n) is 7.09. The number of aliphatic carboxylic acids is 1. The Bertz CT molecular complexity index is 1380. The second kappa shape index (κ2) is 11.7. The van der Waals surface area contributed by atoms with Gasteiger partial charge in [0.1, 0.15) is 17.7 Å². The van der Waals surface area contributed by atoms with Crippen molar-refractivity contribution in [1.82, 2.24) is 14.7 Å². The number of aryl methyl sites for hydroxylation is 2. The topological polar surface area (TPSA) is 84.7 Å². The highest BCUT2D eigenvalue weighted by molar-refractivity contribution is 5.95. The first-order valence-corrected chi connectivity index (χ1v) is 13.1. The number of ether oxygens (including phenoxy) is 1. The van der Waals surface area contributed by atoms with E-state index in [1.54, 1.807) is 32.0 Å². The molecule has 0 aliphatic carbocycles. The van der Waals surface area contributed by atoms with Gasteiger partial charge in [-0.1, -0.05) is 19.4 Å². The van der Waals surface area contributed by atoms with E-state index in [9.17, 15) is 27.9 Å². The molecule has 1 aliphatic rings. The first-order chi connectivity index (χ1) is 18.9. The molecule has 2 atom stereocenters. The summed E-state index contributed by atoms with van der Waals surface area (Å²) in [4.78, 5) is 25.7. The molecule has 0 saturated carbocycles. The maximum Gasteiger partial charge on any atom is 0.419 e. The Morgan fingerprint density at radius 1 is 1.18 bits per heavy atom. The van der Waals surface area contributed by atoms with Gasteiger partial charge in [-0.25, -0.2) is 9.07 Å². The maximum atomic E-state index is 15.2. The number of alkyl halides is 3. The highest BCUT2D eigenvalue weighted by Gasteiger charge is 2.33. The van der Waals surface area contributed by atoms with E-state index >= 15 is 4.39 Å². The molecule has 0 spiro atoms. The second-order valence-electron chi connectivity index (χ2n) is 10.1. The number of carbonyl (C=O) groups excluding carboxylic acids is 1. The fourth-order valence-corrected chi connectivity index (χ4v) is 5.10.